The molecule has 0 amide bonds. The zero-order chi connectivity index (χ0) is 17.9. The number of fused-ring (bicyclic) bond motifs is 3. The molecule has 2 unspecified atom stereocenters. The molecule has 134 valence electrons. The van der Waals surface area contributed by atoms with Gasteiger partial charge in [-0.15, -0.1) is 0 Å². The molecule has 2 aliphatic carbocycles. The summed E-state index contributed by atoms with van der Waals surface area (Å²) in [6, 6.07) is 15.3. The molecule has 1 heteroatoms. The molecular weight excluding hydrogens is 314 g/mol. The Bertz CT molecular complexity index is 809. The van der Waals surface area contributed by atoms with Crippen molar-refractivity contribution in [2.45, 2.75) is 70.6 Å². The van der Waals surface area contributed by atoms with Gasteiger partial charge in [-0.3, -0.25) is 0 Å². The van der Waals surface area contributed by atoms with Gasteiger partial charge in [0.1, 0.15) is 0 Å². The van der Waals surface area contributed by atoms with E-state index >= 15 is 0 Å². The average Bonchev–Trinajstić information content (AvgIpc) is 2.71. The maximum absolute atomic E-state index is 9.00. The highest BCUT2D eigenvalue weighted by atomic mass is 14.3. The molecule has 0 bridgehead atoms. The Balaban J connectivity index is 1.52. The van der Waals surface area contributed by atoms with E-state index in [0.29, 0.717) is 5.92 Å². The highest BCUT2D eigenvalue weighted by molar-refractivity contribution is 5.46. The van der Waals surface area contributed by atoms with Crippen molar-refractivity contribution in [3.8, 4) is 6.07 Å². The average molecular weight is 344 g/mol. The molecule has 0 fully saturated rings. The lowest BCUT2D eigenvalue weighted by molar-refractivity contribution is 0.410. The van der Waals surface area contributed by atoms with Gasteiger partial charge in [0.15, 0.2) is 0 Å². The van der Waals surface area contributed by atoms with Gasteiger partial charge in [-0.1, -0.05) is 50.5 Å². The van der Waals surface area contributed by atoms with Crippen LogP contribution in [0, 0.1) is 17.2 Å². The van der Waals surface area contributed by atoms with Crippen molar-refractivity contribution in [2.75, 3.05) is 0 Å². The monoisotopic (exact) mass is 343 g/mol. The summed E-state index contributed by atoms with van der Waals surface area (Å²) in [5.74, 6) is 1.52. The summed E-state index contributed by atoms with van der Waals surface area (Å²) in [5.41, 5.74) is 8.77. The van der Waals surface area contributed by atoms with Crippen LogP contribution in [-0.2, 0) is 25.7 Å². The molecule has 4 rings (SSSR count). The van der Waals surface area contributed by atoms with Crippen LogP contribution in [-0.4, -0.2) is 0 Å². The van der Waals surface area contributed by atoms with E-state index in [9.17, 15) is 0 Å². The molecular formula is C25H29N. The zero-order valence-electron chi connectivity index (χ0n) is 15.9. The van der Waals surface area contributed by atoms with E-state index in [4.69, 9.17) is 5.26 Å². The maximum Gasteiger partial charge on any atom is 0.0991 e. The smallest absolute Gasteiger partial charge is 0.0991 e. The fourth-order valence-electron chi connectivity index (χ4n) is 5.10. The SMILES string of the molecule is CCCCC1CCc2c(ccc3c2CCC(c2ccc(C#N)cc2)C3)C1. The minimum atomic E-state index is 0.606. The second kappa shape index (κ2) is 7.67. The van der Waals surface area contributed by atoms with Crippen LogP contribution in [0.15, 0.2) is 36.4 Å². The minimum absolute atomic E-state index is 0.606. The normalized spacial score (nSPS) is 21.5. The van der Waals surface area contributed by atoms with Gasteiger partial charge in [-0.05, 0) is 90.3 Å². The van der Waals surface area contributed by atoms with Crippen LogP contribution in [0.25, 0.3) is 0 Å². The lowest BCUT2D eigenvalue weighted by Crippen LogP contribution is -2.20. The second-order valence-corrected chi connectivity index (χ2v) is 8.27. The first kappa shape index (κ1) is 17.3. The lowest BCUT2D eigenvalue weighted by Gasteiger charge is -2.32. The first-order chi connectivity index (χ1) is 12.8. The van der Waals surface area contributed by atoms with Crippen molar-refractivity contribution in [1.29, 1.82) is 5.26 Å². The Morgan fingerprint density at radius 3 is 2.31 bits per heavy atom. The number of rotatable bonds is 4. The van der Waals surface area contributed by atoms with Crippen LogP contribution in [0.4, 0.5) is 0 Å². The van der Waals surface area contributed by atoms with Crippen molar-refractivity contribution >= 4 is 0 Å². The molecule has 26 heavy (non-hydrogen) atoms. The van der Waals surface area contributed by atoms with Gasteiger partial charge in [-0.2, -0.15) is 5.26 Å². The van der Waals surface area contributed by atoms with Crippen molar-refractivity contribution < 1.29 is 0 Å². The molecule has 0 aliphatic heterocycles. The summed E-state index contributed by atoms with van der Waals surface area (Å²) in [7, 11) is 0. The quantitative estimate of drug-likeness (QED) is 0.655. The number of nitriles is 1. The molecule has 0 spiro atoms. The molecule has 2 aromatic carbocycles. The summed E-state index contributed by atoms with van der Waals surface area (Å²) in [6.45, 7) is 2.30. The van der Waals surface area contributed by atoms with E-state index in [-0.39, 0.29) is 0 Å². The fourth-order valence-corrected chi connectivity index (χ4v) is 5.10. The van der Waals surface area contributed by atoms with E-state index in [2.05, 4.69) is 37.3 Å². The Morgan fingerprint density at radius 2 is 1.62 bits per heavy atom. The maximum atomic E-state index is 9.00. The largest absolute Gasteiger partial charge is 0.192 e. The molecule has 0 saturated heterocycles. The van der Waals surface area contributed by atoms with E-state index in [0.717, 1.165) is 17.9 Å². The van der Waals surface area contributed by atoms with Gasteiger partial charge in [0.05, 0.1) is 11.6 Å². The number of benzene rings is 2. The van der Waals surface area contributed by atoms with Crippen LogP contribution in [0.2, 0.25) is 0 Å². The molecule has 2 aliphatic rings. The third kappa shape index (κ3) is 3.43. The van der Waals surface area contributed by atoms with Gasteiger partial charge in [0, 0.05) is 0 Å². The Kier molecular flexibility index (Phi) is 5.11. The highest BCUT2D eigenvalue weighted by Gasteiger charge is 2.26. The number of unbranched alkanes of at least 4 members (excludes halogenated alkanes) is 1. The Hall–Kier alpha value is -2.07. The van der Waals surface area contributed by atoms with Gasteiger partial charge in [0.2, 0.25) is 0 Å². The van der Waals surface area contributed by atoms with E-state index in [1.807, 2.05) is 12.1 Å². The van der Waals surface area contributed by atoms with Crippen LogP contribution in [0.5, 0.6) is 0 Å². The standard InChI is InChI=1S/C25H29N/c1-2-3-4-18-7-13-24-22(15-18)10-11-23-16-21(12-14-25(23)24)20-8-5-19(17-26)6-9-20/h5-6,8-11,18,21H,2-4,7,12-16H2,1H3. The third-order valence-electron chi connectivity index (χ3n) is 6.62. The Morgan fingerprint density at radius 1 is 0.923 bits per heavy atom. The van der Waals surface area contributed by atoms with Crippen molar-refractivity contribution in [2.24, 2.45) is 5.92 Å². The number of hydrogen-bond donors (Lipinski definition) is 0. The Labute approximate surface area is 158 Å². The fraction of sp³-hybridized carbons (Fsp3) is 0.480. The molecule has 0 heterocycles. The molecule has 0 saturated carbocycles. The van der Waals surface area contributed by atoms with Crippen molar-refractivity contribution in [1.82, 2.24) is 0 Å². The molecule has 2 atom stereocenters. The number of nitrogens with zero attached hydrogens (tertiary/aromatic N) is 1. The van der Waals surface area contributed by atoms with Crippen LogP contribution in [0.3, 0.4) is 0 Å². The topological polar surface area (TPSA) is 23.8 Å². The van der Waals surface area contributed by atoms with Gasteiger partial charge in [-0.25, -0.2) is 0 Å². The lowest BCUT2D eigenvalue weighted by atomic mass is 9.73. The summed E-state index contributed by atoms with van der Waals surface area (Å²) in [4.78, 5) is 0. The molecule has 2 aromatic rings. The van der Waals surface area contributed by atoms with Gasteiger partial charge >= 0.3 is 0 Å². The van der Waals surface area contributed by atoms with Crippen molar-refractivity contribution in [3.63, 3.8) is 0 Å². The van der Waals surface area contributed by atoms with E-state index in [1.165, 1.54) is 56.9 Å². The first-order valence-corrected chi connectivity index (χ1v) is 10.4. The molecule has 1 nitrogen and oxygen atoms in total. The van der Waals surface area contributed by atoms with E-state index in [1.54, 1.807) is 22.3 Å². The summed E-state index contributed by atoms with van der Waals surface area (Å²) in [5, 5.41) is 9.00. The zero-order valence-corrected chi connectivity index (χ0v) is 15.9. The molecule has 0 aromatic heterocycles. The van der Waals surface area contributed by atoms with E-state index < -0.39 is 0 Å². The van der Waals surface area contributed by atoms with Gasteiger partial charge in [0.25, 0.3) is 0 Å². The van der Waals surface area contributed by atoms with Gasteiger partial charge < -0.3 is 0 Å². The predicted molar refractivity (Wildman–Crippen MR) is 107 cm³/mol. The molecule has 0 radical (unpaired) electrons. The number of hydrogen-bond acceptors (Lipinski definition) is 1. The summed E-state index contributed by atoms with van der Waals surface area (Å²) < 4.78 is 0. The first-order valence-electron chi connectivity index (χ1n) is 10.4. The predicted octanol–water partition coefficient (Wildman–Crippen LogP) is 6.13. The van der Waals surface area contributed by atoms with Crippen molar-refractivity contribution in [3.05, 3.63) is 69.8 Å². The third-order valence-corrected chi connectivity index (χ3v) is 6.62. The second-order valence-electron chi connectivity index (χ2n) is 8.27. The molecule has 0 N–H and O–H groups in total. The van der Waals surface area contributed by atoms with Crippen LogP contribution in [0.1, 0.15) is 78.3 Å². The summed E-state index contributed by atoms with van der Waals surface area (Å²) >= 11 is 0. The van der Waals surface area contributed by atoms with Crippen LogP contribution >= 0.6 is 0 Å². The highest BCUT2D eigenvalue weighted by Crippen LogP contribution is 2.39. The summed E-state index contributed by atoms with van der Waals surface area (Å²) in [6.07, 6.45) is 11.7. The van der Waals surface area contributed by atoms with Crippen LogP contribution < -0.4 is 0 Å². The minimum Gasteiger partial charge on any atom is -0.192 e.